The first kappa shape index (κ1) is 17.8. The van der Waals surface area contributed by atoms with Crippen molar-refractivity contribution in [2.45, 2.75) is 6.92 Å². The van der Waals surface area contributed by atoms with Gasteiger partial charge in [-0.2, -0.15) is 0 Å². The minimum absolute atomic E-state index is 0.115. The third-order valence-electron chi connectivity index (χ3n) is 2.43. The number of ether oxygens (including phenoxy) is 2. The molecule has 0 saturated carbocycles. The van der Waals surface area contributed by atoms with E-state index in [1.165, 1.54) is 24.3 Å². The summed E-state index contributed by atoms with van der Waals surface area (Å²) in [6.07, 6.45) is -0.797. The molecule has 0 aromatic heterocycles. The van der Waals surface area contributed by atoms with E-state index < -0.39 is 6.16 Å². The monoisotopic (exact) mass is 328 g/mol. The lowest BCUT2D eigenvalue weighted by Gasteiger charge is -2.07. The number of carbonyl (C=O) groups excluding carboxylic acids is 3. The van der Waals surface area contributed by atoms with Gasteiger partial charge >= 0.3 is 6.16 Å². The fourth-order valence-electron chi connectivity index (χ4n) is 1.45. The van der Waals surface area contributed by atoms with Gasteiger partial charge in [0.1, 0.15) is 11.6 Å². The van der Waals surface area contributed by atoms with Crippen molar-refractivity contribution in [3.05, 3.63) is 29.8 Å². The summed E-state index contributed by atoms with van der Waals surface area (Å²) in [6.45, 7) is 2.47. The molecular formula is C14H17ClN2O5. The summed E-state index contributed by atoms with van der Waals surface area (Å²) in [5.74, 6) is -0.431. The van der Waals surface area contributed by atoms with E-state index in [4.69, 9.17) is 16.3 Å². The van der Waals surface area contributed by atoms with Gasteiger partial charge in [0.2, 0.25) is 5.91 Å². The summed E-state index contributed by atoms with van der Waals surface area (Å²) in [5, 5.41) is 5.15. The predicted molar refractivity (Wildman–Crippen MR) is 80.2 cm³/mol. The molecule has 0 atom stereocenters. The fraction of sp³-hybridized carbons (Fsp3) is 0.357. The number of rotatable bonds is 7. The van der Waals surface area contributed by atoms with Gasteiger partial charge in [-0.05, 0) is 31.2 Å². The Morgan fingerprint density at radius 2 is 1.73 bits per heavy atom. The first-order chi connectivity index (χ1) is 10.6. The van der Waals surface area contributed by atoms with Crippen molar-refractivity contribution in [1.82, 2.24) is 10.6 Å². The number of benzene rings is 1. The zero-order chi connectivity index (χ0) is 16.4. The topological polar surface area (TPSA) is 93.7 Å². The number of alkyl halides is 1. The Balaban J connectivity index is 2.40. The highest BCUT2D eigenvalue weighted by molar-refractivity contribution is 6.27. The zero-order valence-electron chi connectivity index (χ0n) is 12.1. The highest BCUT2D eigenvalue weighted by atomic mass is 35.5. The average Bonchev–Trinajstić information content (AvgIpc) is 2.52. The molecule has 0 bridgehead atoms. The summed E-state index contributed by atoms with van der Waals surface area (Å²) in [4.78, 5) is 33.8. The molecule has 0 spiro atoms. The maximum Gasteiger partial charge on any atom is 0.513 e. The van der Waals surface area contributed by atoms with E-state index in [0.717, 1.165) is 0 Å². The van der Waals surface area contributed by atoms with Gasteiger partial charge in [-0.25, -0.2) is 4.79 Å². The fourth-order valence-corrected chi connectivity index (χ4v) is 1.54. The highest BCUT2D eigenvalue weighted by Crippen LogP contribution is 2.12. The quantitative estimate of drug-likeness (QED) is 0.340. The molecule has 7 nitrogen and oxygen atoms in total. The van der Waals surface area contributed by atoms with Crippen LogP contribution in [0.3, 0.4) is 0 Å². The summed E-state index contributed by atoms with van der Waals surface area (Å²) in [7, 11) is 0. The number of hydrogen-bond donors (Lipinski definition) is 2. The first-order valence-electron chi connectivity index (χ1n) is 6.62. The lowest BCUT2D eigenvalue weighted by Crippen LogP contribution is -2.35. The normalized spacial score (nSPS) is 9.73. The molecule has 0 saturated heterocycles. The second-order valence-corrected chi connectivity index (χ2v) is 4.32. The van der Waals surface area contributed by atoms with E-state index in [9.17, 15) is 14.4 Å². The van der Waals surface area contributed by atoms with E-state index >= 15 is 0 Å². The smallest absolute Gasteiger partial charge is 0.434 e. The van der Waals surface area contributed by atoms with Gasteiger partial charge in [-0.3, -0.25) is 9.59 Å². The molecule has 0 aliphatic heterocycles. The Bertz CT molecular complexity index is 518. The van der Waals surface area contributed by atoms with Crippen LogP contribution in [-0.4, -0.2) is 43.5 Å². The van der Waals surface area contributed by atoms with Gasteiger partial charge in [-0.15, -0.1) is 11.6 Å². The molecule has 1 aromatic rings. The Morgan fingerprint density at radius 1 is 1.09 bits per heavy atom. The van der Waals surface area contributed by atoms with Crippen molar-refractivity contribution < 1.29 is 23.9 Å². The molecule has 0 unspecified atom stereocenters. The van der Waals surface area contributed by atoms with Crippen LogP contribution in [0.2, 0.25) is 0 Å². The highest BCUT2D eigenvalue weighted by Gasteiger charge is 2.08. The van der Waals surface area contributed by atoms with Gasteiger partial charge in [0.15, 0.2) is 0 Å². The molecule has 0 fully saturated rings. The largest absolute Gasteiger partial charge is 0.513 e. The van der Waals surface area contributed by atoms with Crippen molar-refractivity contribution in [1.29, 1.82) is 0 Å². The van der Waals surface area contributed by atoms with Gasteiger partial charge in [0.05, 0.1) is 6.61 Å². The van der Waals surface area contributed by atoms with Gasteiger partial charge < -0.3 is 20.1 Å². The summed E-state index contributed by atoms with van der Waals surface area (Å²) in [6, 6.07) is 6.00. The van der Waals surface area contributed by atoms with Crippen molar-refractivity contribution >= 4 is 29.6 Å². The van der Waals surface area contributed by atoms with Crippen LogP contribution in [0, 0.1) is 0 Å². The van der Waals surface area contributed by atoms with Crippen LogP contribution in [0.4, 0.5) is 4.79 Å². The average molecular weight is 329 g/mol. The molecule has 1 rings (SSSR count). The number of amides is 2. The molecule has 0 heterocycles. The van der Waals surface area contributed by atoms with Gasteiger partial charge in [0.25, 0.3) is 5.91 Å². The number of carbonyl (C=O) groups is 3. The Labute approximate surface area is 132 Å². The van der Waals surface area contributed by atoms with Crippen molar-refractivity contribution in [3.8, 4) is 5.75 Å². The zero-order valence-corrected chi connectivity index (χ0v) is 12.8. The van der Waals surface area contributed by atoms with E-state index in [1.807, 2.05) is 0 Å². The first-order valence-corrected chi connectivity index (χ1v) is 7.15. The molecule has 0 aliphatic rings. The number of hydrogen-bond acceptors (Lipinski definition) is 5. The Kier molecular flexibility index (Phi) is 7.77. The van der Waals surface area contributed by atoms with Gasteiger partial charge in [-0.1, -0.05) is 0 Å². The lowest BCUT2D eigenvalue weighted by atomic mass is 10.2. The Morgan fingerprint density at radius 3 is 2.32 bits per heavy atom. The van der Waals surface area contributed by atoms with Crippen LogP contribution in [0.25, 0.3) is 0 Å². The molecule has 0 aliphatic carbocycles. The third-order valence-corrected chi connectivity index (χ3v) is 2.68. The van der Waals surface area contributed by atoms with Crippen molar-refractivity contribution in [2.75, 3.05) is 25.6 Å². The molecule has 8 heteroatoms. The number of nitrogens with one attached hydrogen (secondary N) is 2. The van der Waals surface area contributed by atoms with E-state index in [-0.39, 0.29) is 36.6 Å². The van der Waals surface area contributed by atoms with Crippen LogP contribution in [0.1, 0.15) is 17.3 Å². The van der Waals surface area contributed by atoms with E-state index in [0.29, 0.717) is 12.1 Å². The third kappa shape index (κ3) is 6.45. The SMILES string of the molecule is CCOC(=O)Oc1ccc(C(=O)NCCNC(=O)CCl)cc1. The van der Waals surface area contributed by atoms with Crippen molar-refractivity contribution in [2.24, 2.45) is 0 Å². The summed E-state index contributed by atoms with van der Waals surface area (Å²) in [5.41, 5.74) is 0.403. The van der Waals surface area contributed by atoms with Crippen LogP contribution in [0.15, 0.2) is 24.3 Å². The van der Waals surface area contributed by atoms with E-state index in [2.05, 4.69) is 15.4 Å². The standard InChI is InChI=1S/C14H17ClN2O5/c1-2-21-14(20)22-11-5-3-10(4-6-11)13(19)17-8-7-16-12(18)9-15/h3-6H,2,7-9H2,1H3,(H,16,18)(H,17,19). The maximum atomic E-state index is 11.8. The second-order valence-electron chi connectivity index (χ2n) is 4.05. The van der Waals surface area contributed by atoms with Crippen LogP contribution in [-0.2, 0) is 9.53 Å². The van der Waals surface area contributed by atoms with Gasteiger partial charge in [0, 0.05) is 18.7 Å². The molecule has 1 aromatic carbocycles. The minimum atomic E-state index is -0.797. The van der Waals surface area contributed by atoms with E-state index in [1.54, 1.807) is 6.92 Å². The minimum Gasteiger partial charge on any atom is -0.434 e. The number of halogens is 1. The summed E-state index contributed by atoms with van der Waals surface area (Å²) >= 11 is 5.32. The molecular weight excluding hydrogens is 312 g/mol. The lowest BCUT2D eigenvalue weighted by molar-refractivity contribution is -0.118. The molecule has 0 radical (unpaired) electrons. The van der Waals surface area contributed by atoms with Crippen LogP contribution >= 0.6 is 11.6 Å². The molecule has 2 N–H and O–H groups in total. The summed E-state index contributed by atoms with van der Waals surface area (Å²) < 4.78 is 9.51. The van der Waals surface area contributed by atoms with Crippen LogP contribution < -0.4 is 15.4 Å². The predicted octanol–water partition coefficient (Wildman–Crippen LogP) is 1.31. The maximum absolute atomic E-state index is 11.8. The molecule has 22 heavy (non-hydrogen) atoms. The Hall–Kier alpha value is -2.28. The van der Waals surface area contributed by atoms with Crippen molar-refractivity contribution in [3.63, 3.8) is 0 Å². The second kappa shape index (κ2) is 9.62. The molecule has 2 amide bonds. The van der Waals surface area contributed by atoms with Crippen LogP contribution in [0.5, 0.6) is 5.75 Å². The molecule has 120 valence electrons.